The van der Waals surface area contributed by atoms with Gasteiger partial charge in [0.2, 0.25) is 0 Å². The first-order chi connectivity index (χ1) is 6.75. The van der Waals surface area contributed by atoms with Gasteiger partial charge >= 0.3 is 5.97 Å². The molecule has 1 aliphatic heterocycles. The summed E-state index contributed by atoms with van der Waals surface area (Å²) in [6.45, 7) is 4.78. The highest BCUT2D eigenvalue weighted by Crippen LogP contribution is 2.09. The smallest absolute Gasteiger partial charge is 0.323 e. The van der Waals surface area contributed by atoms with Crippen LogP contribution in [0, 0.1) is 0 Å². The molecule has 0 bridgehead atoms. The van der Waals surface area contributed by atoms with Crippen molar-refractivity contribution >= 4 is 5.97 Å². The molecule has 1 atom stereocenters. The zero-order chi connectivity index (χ0) is 10.4. The van der Waals surface area contributed by atoms with Gasteiger partial charge in [0.1, 0.15) is 6.04 Å². The van der Waals surface area contributed by atoms with Crippen LogP contribution < -0.4 is 0 Å². The van der Waals surface area contributed by atoms with Crippen LogP contribution in [-0.4, -0.2) is 48.3 Å². The number of hydrogen-bond acceptors (Lipinski definition) is 3. The maximum Gasteiger partial charge on any atom is 0.323 e. The molecule has 4 heteroatoms. The van der Waals surface area contributed by atoms with Crippen LogP contribution >= 0.6 is 0 Å². The summed E-state index contributed by atoms with van der Waals surface area (Å²) in [5.74, 6) is -0.763. The number of rotatable bonds is 5. The SMILES string of the molecule is CCCCCN1CCOCC1C(=O)O. The van der Waals surface area contributed by atoms with Crippen LogP contribution in [0.2, 0.25) is 0 Å². The highest BCUT2D eigenvalue weighted by atomic mass is 16.5. The molecule has 82 valence electrons. The number of ether oxygens (including phenoxy) is 1. The Morgan fingerprint density at radius 1 is 1.57 bits per heavy atom. The number of unbranched alkanes of at least 4 members (excludes halogenated alkanes) is 2. The van der Waals surface area contributed by atoms with E-state index in [1.165, 1.54) is 12.8 Å². The normalized spacial score (nSPS) is 23.6. The van der Waals surface area contributed by atoms with Crippen LogP contribution in [0.5, 0.6) is 0 Å². The van der Waals surface area contributed by atoms with E-state index < -0.39 is 12.0 Å². The molecule has 1 N–H and O–H groups in total. The fourth-order valence-corrected chi connectivity index (χ4v) is 1.70. The van der Waals surface area contributed by atoms with Crippen molar-refractivity contribution in [1.82, 2.24) is 4.90 Å². The summed E-state index contributed by atoms with van der Waals surface area (Å²) in [6.07, 6.45) is 3.42. The number of hydrogen-bond donors (Lipinski definition) is 1. The van der Waals surface area contributed by atoms with Crippen LogP contribution in [0.4, 0.5) is 0 Å². The number of carboxylic acids is 1. The summed E-state index contributed by atoms with van der Waals surface area (Å²) >= 11 is 0. The Kier molecular flexibility index (Phi) is 4.90. The molecule has 1 unspecified atom stereocenters. The predicted octanol–water partition coefficient (Wildman–Crippen LogP) is 0.962. The first-order valence-electron chi connectivity index (χ1n) is 5.30. The van der Waals surface area contributed by atoms with Gasteiger partial charge in [-0.3, -0.25) is 9.69 Å². The summed E-state index contributed by atoms with van der Waals surface area (Å²) in [5, 5.41) is 8.94. The lowest BCUT2D eigenvalue weighted by atomic mass is 10.2. The topological polar surface area (TPSA) is 49.8 Å². The molecule has 1 aliphatic rings. The van der Waals surface area contributed by atoms with Gasteiger partial charge in [-0.05, 0) is 13.0 Å². The third-order valence-corrected chi connectivity index (χ3v) is 2.57. The maximum atomic E-state index is 10.9. The van der Waals surface area contributed by atoms with E-state index in [1.807, 2.05) is 4.90 Å². The molecule has 1 saturated heterocycles. The summed E-state index contributed by atoms with van der Waals surface area (Å²) < 4.78 is 5.16. The fraction of sp³-hybridized carbons (Fsp3) is 0.900. The minimum atomic E-state index is -0.763. The van der Waals surface area contributed by atoms with Crippen molar-refractivity contribution in [2.24, 2.45) is 0 Å². The minimum absolute atomic E-state index is 0.335. The quantitative estimate of drug-likeness (QED) is 0.673. The van der Waals surface area contributed by atoms with Gasteiger partial charge in [0.25, 0.3) is 0 Å². The van der Waals surface area contributed by atoms with Crippen LogP contribution in [0.3, 0.4) is 0 Å². The largest absolute Gasteiger partial charge is 0.480 e. The summed E-state index contributed by atoms with van der Waals surface area (Å²) in [4.78, 5) is 12.9. The van der Waals surface area contributed by atoms with Crippen molar-refractivity contribution in [2.75, 3.05) is 26.3 Å². The lowest BCUT2D eigenvalue weighted by Crippen LogP contribution is -2.50. The van der Waals surface area contributed by atoms with Crippen molar-refractivity contribution in [1.29, 1.82) is 0 Å². The standard InChI is InChI=1S/C10H19NO3/c1-2-3-4-5-11-6-7-14-8-9(11)10(12)13/h9H,2-8H2,1H3,(H,12,13). The zero-order valence-electron chi connectivity index (χ0n) is 8.74. The summed E-state index contributed by atoms with van der Waals surface area (Å²) in [6, 6.07) is -0.430. The number of carboxylic acid groups (broad SMARTS) is 1. The third kappa shape index (κ3) is 3.27. The second-order valence-electron chi connectivity index (χ2n) is 3.67. The van der Waals surface area contributed by atoms with Gasteiger partial charge in [0, 0.05) is 6.54 Å². The molecule has 0 saturated carbocycles. The molecule has 4 nitrogen and oxygen atoms in total. The number of morpholine rings is 1. The Hall–Kier alpha value is -0.610. The van der Waals surface area contributed by atoms with Crippen molar-refractivity contribution in [3.05, 3.63) is 0 Å². The predicted molar refractivity (Wildman–Crippen MR) is 53.3 cm³/mol. The third-order valence-electron chi connectivity index (χ3n) is 2.57. The lowest BCUT2D eigenvalue weighted by Gasteiger charge is -2.32. The Balaban J connectivity index is 2.34. The second kappa shape index (κ2) is 5.98. The Morgan fingerprint density at radius 2 is 2.36 bits per heavy atom. The summed E-state index contributed by atoms with van der Waals surface area (Å²) in [5.41, 5.74) is 0. The van der Waals surface area contributed by atoms with E-state index in [9.17, 15) is 4.79 Å². The molecular weight excluding hydrogens is 182 g/mol. The van der Waals surface area contributed by atoms with Gasteiger partial charge in [0.05, 0.1) is 13.2 Å². The van der Waals surface area contributed by atoms with Crippen LogP contribution in [0.15, 0.2) is 0 Å². The maximum absolute atomic E-state index is 10.9. The molecule has 14 heavy (non-hydrogen) atoms. The van der Waals surface area contributed by atoms with E-state index in [0.717, 1.165) is 19.5 Å². The first kappa shape index (κ1) is 11.5. The van der Waals surface area contributed by atoms with Gasteiger partial charge in [-0.15, -0.1) is 0 Å². The number of carbonyl (C=O) groups is 1. The number of aliphatic carboxylic acids is 1. The van der Waals surface area contributed by atoms with E-state index in [4.69, 9.17) is 9.84 Å². The fourth-order valence-electron chi connectivity index (χ4n) is 1.70. The van der Waals surface area contributed by atoms with Gasteiger partial charge in [-0.1, -0.05) is 19.8 Å². The molecule has 0 aliphatic carbocycles. The molecule has 0 aromatic heterocycles. The monoisotopic (exact) mass is 201 g/mol. The first-order valence-corrected chi connectivity index (χ1v) is 5.30. The van der Waals surface area contributed by atoms with Crippen molar-refractivity contribution in [3.63, 3.8) is 0 Å². The van der Waals surface area contributed by atoms with Crippen LogP contribution in [0.25, 0.3) is 0 Å². The molecule has 1 fully saturated rings. The molecule has 0 aromatic carbocycles. The highest BCUT2D eigenvalue weighted by molar-refractivity contribution is 5.73. The van der Waals surface area contributed by atoms with Gasteiger partial charge < -0.3 is 9.84 Å². The molecule has 0 spiro atoms. The average molecular weight is 201 g/mol. The molecular formula is C10H19NO3. The molecule has 0 amide bonds. The molecule has 1 rings (SSSR count). The lowest BCUT2D eigenvalue weighted by molar-refractivity contribution is -0.149. The summed E-state index contributed by atoms with van der Waals surface area (Å²) in [7, 11) is 0. The molecule has 0 aromatic rings. The molecule has 1 heterocycles. The van der Waals surface area contributed by atoms with E-state index in [-0.39, 0.29) is 0 Å². The van der Waals surface area contributed by atoms with E-state index >= 15 is 0 Å². The second-order valence-corrected chi connectivity index (χ2v) is 3.67. The molecule has 0 radical (unpaired) electrons. The Morgan fingerprint density at radius 3 is 3.00 bits per heavy atom. The van der Waals surface area contributed by atoms with Crippen molar-refractivity contribution in [2.45, 2.75) is 32.2 Å². The average Bonchev–Trinajstić information content (AvgIpc) is 2.19. The number of nitrogens with zero attached hydrogens (tertiary/aromatic N) is 1. The minimum Gasteiger partial charge on any atom is -0.480 e. The zero-order valence-corrected chi connectivity index (χ0v) is 8.74. The van der Waals surface area contributed by atoms with Crippen molar-refractivity contribution < 1.29 is 14.6 Å². The van der Waals surface area contributed by atoms with Crippen LogP contribution in [-0.2, 0) is 9.53 Å². The Bertz CT molecular complexity index is 184. The van der Waals surface area contributed by atoms with E-state index in [1.54, 1.807) is 0 Å². The van der Waals surface area contributed by atoms with E-state index in [0.29, 0.717) is 13.2 Å². The van der Waals surface area contributed by atoms with Crippen molar-refractivity contribution in [3.8, 4) is 0 Å². The van der Waals surface area contributed by atoms with Gasteiger partial charge in [0.15, 0.2) is 0 Å². The van der Waals surface area contributed by atoms with E-state index in [2.05, 4.69) is 6.92 Å². The van der Waals surface area contributed by atoms with Gasteiger partial charge in [-0.2, -0.15) is 0 Å². The Labute approximate surface area is 84.8 Å². The highest BCUT2D eigenvalue weighted by Gasteiger charge is 2.28. The van der Waals surface area contributed by atoms with Crippen LogP contribution in [0.1, 0.15) is 26.2 Å². The van der Waals surface area contributed by atoms with Gasteiger partial charge in [-0.25, -0.2) is 0 Å².